The van der Waals surface area contributed by atoms with Crippen LogP contribution in [0.2, 0.25) is 0 Å². The number of aromatic nitrogens is 1. The Morgan fingerprint density at radius 2 is 1.31 bits per heavy atom. The Morgan fingerprint density at radius 3 is 2.23 bits per heavy atom. The normalized spacial score (nSPS) is 14.9. The second-order valence-electron chi connectivity index (χ2n) is 12.1. The first kappa shape index (κ1) is 26.7. The van der Waals surface area contributed by atoms with Crippen molar-refractivity contribution in [3.63, 3.8) is 0 Å². The molecule has 3 aromatic heterocycles. The molecule has 10 rings (SSSR count). The van der Waals surface area contributed by atoms with Crippen molar-refractivity contribution >= 4 is 66.3 Å². The fourth-order valence-corrected chi connectivity index (χ4v) is 7.00. The van der Waals surface area contributed by atoms with E-state index in [1.54, 1.807) is 0 Å². The molecule has 0 radical (unpaired) electrons. The van der Waals surface area contributed by atoms with Crippen molar-refractivity contribution in [3.8, 4) is 11.1 Å². The third-order valence-corrected chi connectivity index (χ3v) is 9.22. The van der Waals surface area contributed by atoms with E-state index in [2.05, 4.69) is 83.1 Å². The van der Waals surface area contributed by atoms with E-state index < -0.39 is 6.17 Å². The van der Waals surface area contributed by atoms with Gasteiger partial charge in [0.25, 0.3) is 0 Å². The number of aliphatic imine (C=N–C) groups is 2. The maximum atomic E-state index is 6.57. The van der Waals surface area contributed by atoms with Crippen molar-refractivity contribution < 1.29 is 8.83 Å². The molecule has 48 heavy (non-hydrogen) atoms. The summed E-state index contributed by atoms with van der Waals surface area (Å²) in [7, 11) is 0. The van der Waals surface area contributed by atoms with Crippen molar-refractivity contribution in [2.45, 2.75) is 6.17 Å². The molecule has 9 aromatic rings. The van der Waals surface area contributed by atoms with Gasteiger partial charge in [-0.1, -0.05) is 109 Å². The fraction of sp³-hybridized carbons (Fsp3) is 0.0238. The number of benzene rings is 6. The van der Waals surface area contributed by atoms with Crippen LogP contribution in [0.4, 0.5) is 0 Å². The molecule has 0 saturated heterocycles. The molecule has 0 spiro atoms. The molecule has 1 N–H and O–H groups in total. The number of furan rings is 2. The average molecular weight is 619 g/mol. The third kappa shape index (κ3) is 4.16. The van der Waals surface area contributed by atoms with Gasteiger partial charge in [0.1, 0.15) is 34.3 Å². The van der Waals surface area contributed by atoms with Gasteiger partial charge in [-0.15, -0.1) is 0 Å². The number of nitrogens with one attached hydrogen (secondary N) is 1. The summed E-state index contributed by atoms with van der Waals surface area (Å²) in [5.41, 5.74) is 8.11. The van der Waals surface area contributed by atoms with Crippen LogP contribution in [-0.4, -0.2) is 16.7 Å². The first-order chi connectivity index (χ1) is 23.8. The minimum Gasteiger partial charge on any atom is -0.456 e. The van der Waals surface area contributed by atoms with Crippen LogP contribution in [0.1, 0.15) is 22.9 Å². The molecule has 6 aromatic carbocycles. The Kier molecular flexibility index (Phi) is 5.84. The minimum atomic E-state index is -0.435. The second-order valence-corrected chi connectivity index (χ2v) is 12.1. The Hall–Kier alpha value is -6.53. The van der Waals surface area contributed by atoms with Gasteiger partial charge < -0.3 is 14.2 Å². The lowest BCUT2D eigenvalue weighted by Gasteiger charge is -2.24. The van der Waals surface area contributed by atoms with E-state index in [0.29, 0.717) is 11.7 Å². The Morgan fingerprint density at radius 1 is 0.542 bits per heavy atom. The standard InChI is InChI=1S/C42H26N4O2/c1-2-11-26(12-3-1)32-23-43-24-33-38-31(16-9-19-36(38)48-39(32)33)42-45-40(28-21-20-25-10-4-5-13-27(25)22-28)44-41(46-42)30-15-8-18-35-37(30)29-14-6-7-17-34(29)47-35/h1-24,41H,(H,44,45,46). The second kappa shape index (κ2) is 10.5. The van der Waals surface area contributed by atoms with E-state index in [1.165, 1.54) is 5.39 Å². The molecule has 1 atom stereocenters. The molecule has 4 heterocycles. The van der Waals surface area contributed by atoms with E-state index in [-0.39, 0.29) is 0 Å². The van der Waals surface area contributed by atoms with Gasteiger partial charge in [-0.2, -0.15) is 0 Å². The van der Waals surface area contributed by atoms with E-state index in [4.69, 9.17) is 18.8 Å². The lowest BCUT2D eigenvalue weighted by molar-refractivity contribution is 0.662. The molecular formula is C42H26N4O2. The highest BCUT2D eigenvalue weighted by Gasteiger charge is 2.27. The number of rotatable bonds is 4. The zero-order valence-electron chi connectivity index (χ0n) is 25.6. The SMILES string of the molecule is c1ccc(-c2cncc3c2oc2cccc(C4=NC(c5ccc6ccccc6c5)=NC(c5cccc6oc7ccccc7c56)N4)c23)cc1. The summed E-state index contributed by atoms with van der Waals surface area (Å²) in [4.78, 5) is 15.1. The van der Waals surface area contributed by atoms with Crippen molar-refractivity contribution in [1.82, 2.24) is 10.3 Å². The average Bonchev–Trinajstić information content (AvgIpc) is 3.73. The molecule has 0 bridgehead atoms. The van der Waals surface area contributed by atoms with Crippen molar-refractivity contribution in [2.75, 3.05) is 0 Å². The molecule has 6 heteroatoms. The maximum Gasteiger partial charge on any atom is 0.159 e. The predicted molar refractivity (Wildman–Crippen MR) is 194 cm³/mol. The summed E-state index contributed by atoms with van der Waals surface area (Å²) in [6.07, 6.45) is 3.32. The van der Waals surface area contributed by atoms with Crippen molar-refractivity contribution in [1.29, 1.82) is 0 Å². The smallest absolute Gasteiger partial charge is 0.159 e. The monoisotopic (exact) mass is 618 g/mol. The number of pyridine rings is 1. The Balaban J connectivity index is 1.20. The van der Waals surface area contributed by atoms with Gasteiger partial charge in [-0.3, -0.25) is 4.98 Å². The van der Waals surface area contributed by atoms with E-state index in [1.807, 2.05) is 73.1 Å². The number of hydrogen-bond acceptors (Lipinski definition) is 6. The molecular weight excluding hydrogens is 592 g/mol. The molecule has 0 saturated carbocycles. The number of nitrogens with zero attached hydrogens (tertiary/aromatic N) is 3. The lowest BCUT2D eigenvalue weighted by Crippen LogP contribution is -2.33. The van der Waals surface area contributed by atoms with Gasteiger partial charge in [0, 0.05) is 56.2 Å². The van der Waals surface area contributed by atoms with Crippen molar-refractivity contribution in [3.05, 3.63) is 163 Å². The summed E-state index contributed by atoms with van der Waals surface area (Å²) in [6.45, 7) is 0. The summed E-state index contributed by atoms with van der Waals surface area (Å²) in [6, 6.07) is 45.4. The summed E-state index contributed by atoms with van der Waals surface area (Å²) in [5, 5.41) is 10.0. The maximum absolute atomic E-state index is 6.57. The van der Waals surface area contributed by atoms with Crippen LogP contribution in [0.5, 0.6) is 0 Å². The highest BCUT2D eigenvalue weighted by Crippen LogP contribution is 2.39. The summed E-state index contributed by atoms with van der Waals surface area (Å²) < 4.78 is 12.8. The van der Waals surface area contributed by atoms with Crippen LogP contribution in [0.15, 0.2) is 165 Å². The highest BCUT2D eigenvalue weighted by molar-refractivity contribution is 6.23. The highest BCUT2D eigenvalue weighted by atomic mass is 16.3. The number of fused-ring (bicyclic) bond motifs is 7. The zero-order valence-corrected chi connectivity index (χ0v) is 25.6. The van der Waals surface area contributed by atoms with Crippen LogP contribution < -0.4 is 5.32 Å². The zero-order chi connectivity index (χ0) is 31.6. The molecule has 1 unspecified atom stereocenters. The third-order valence-electron chi connectivity index (χ3n) is 9.22. The van der Waals surface area contributed by atoms with Gasteiger partial charge in [0.05, 0.1) is 0 Å². The Labute approximate surface area is 274 Å². The van der Waals surface area contributed by atoms with E-state index in [9.17, 15) is 0 Å². The molecule has 1 aliphatic rings. The van der Waals surface area contributed by atoms with Crippen LogP contribution in [-0.2, 0) is 0 Å². The van der Waals surface area contributed by atoms with Crippen LogP contribution in [0.25, 0.3) is 65.8 Å². The summed E-state index contributed by atoms with van der Waals surface area (Å²) in [5.74, 6) is 1.36. The molecule has 226 valence electrons. The number of para-hydroxylation sites is 1. The molecule has 1 aliphatic heterocycles. The van der Waals surface area contributed by atoms with Crippen LogP contribution in [0.3, 0.4) is 0 Å². The Bertz CT molecular complexity index is 2770. The van der Waals surface area contributed by atoms with Gasteiger partial charge in [0.15, 0.2) is 5.84 Å². The van der Waals surface area contributed by atoms with Crippen LogP contribution in [0, 0.1) is 0 Å². The fourth-order valence-electron chi connectivity index (χ4n) is 7.00. The van der Waals surface area contributed by atoms with Gasteiger partial charge in [0.2, 0.25) is 0 Å². The van der Waals surface area contributed by atoms with Gasteiger partial charge >= 0.3 is 0 Å². The first-order valence-corrected chi connectivity index (χ1v) is 16.0. The summed E-state index contributed by atoms with van der Waals surface area (Å²) >= 11 is 0. The van der Waals surface area contributed by atoms with E-state index >= 15 is 0 Å². The molecule has 0 fully saturated rings. The molecule has 6 nitrogen and oxygen atoms in total. The molecule has 0 aliphatic carbocycles. The van der Waals surface area contributed by atoms with Gasteiger partial charge in [-0.05, 0) is 40.6 Å². The predicted octanol–water partition coefficient (Wildman–Crippen LogP) is 10.2. The quantitative estimate of drug-likeness (QED) is 0.213. The van der Waals surface area contributed by atoms with Crippen molar-refractivity contribution in [2.24, 2.45) is 9.98 Å². The largest absolute Gasteiger partial charge is 0.456 e. The lowest BCUT2D eigenvalue weighted by atomic mass is 10.0. The number of amidine groups is 2. The number of hydrogen-bond donors (Lipinski definition) is 1. The topological polar surface area (TPSA) is 75.9 Å². The van der Waals surface area contributed by atoms with E-state index in [0.717, 1.165) is 77.1 Å². The first-order valence-electron chi connectivity index (χ1n) is 16.0. The van der Waals surface area contributed by atoms with Crippen LogP contribution >= 0.6 is 0 Å². The minimum absolute atomic E-state index is 0.435. The van der Waals surface area contributed by atoms with Gasteiger partial charge in [-0.25, -0.2) is 9.98 Å². The molecule has 0 amide bonds.